The first-order chi connectivity index (χ1) is 9.61. The quantitative estimate of drug-likeness (QED) is 0.712. The van der Waals surface area contributed by atoms with Gasteiger partial charge in [0.05, 0.1) is 12.6 Å². The van der Waals surface area contributed by atoms with Gasteiger partial charge in [0.1, 0.15) is 5.75 Å². The van der Waals surface area contributed by atoms with Gasteiger partial charge >= 0.3 is 0 Å². The average molecular weight is 278 g/mol. The van der Waals surface area contributed by atoms with E-state index in [9.17, 15) is 9.90 Å². The van der Waals surface area contributed by atoms with Gasteiger partial charge in [-0.2, -0.15) is 0 Å². The van der Waals surface area contributed by atoms with E-state index in [-0.39, 0.29) is 24.3 Å². The number of hydrogen-bond acceptors (Lipinski definition) is 4. The Morgan fingerprint density at radius 2 is 2.00 bits per heavy atom. The molecule has 0 saturated heterocycles. The highest BCUT2D eigenvalue weighted by molar-refractivity contribution is 5.82. The van der Waals surface area contributed by atoms with Crippen LogP contribution in [-0.4, -0.2) is 46.3 Å². The van der Waals surface area contributed by atoms with Crippen LogP contribution in [0.1, 0.15) is 24.8 Å². The van der Waals surface area contributed by atoms with E-state index in [0.717, 1.165) is 24.8 Å². The Morgan fingerprint density at radius 1 is 1.35 bits per heavy atom. The average Bonchev–Trinajstić information content (AvgIpc) is 2.38. The number of aliphatic hydroxyl groups excluding tert-OH is 1. The second-order valence-electron chi connectivity index (χ2n) is 5.32. The maximum absolute atomic E-state index is 12.4. The van der Waals surface area contributed by atoms with Gasteiger partial charge in [0.2, 0.25) is 5.91 Å². The molecule has 1 aliphatic rings. The van der Waals surface area contributed by atoms with Gasteiger partial charge in [0.15, 0.2) is 0 Å². The largest absolute Gasteiger partial charge is 0.508 e. The van der Waals surface area contributed by atoms with Crippen LogP contribution in [0.25, 0.3) is 0 Å². The van der Waals surface area contributed by atoms with Gasteiger partial charge in [-0.3, -0.25) is 4.79 Å². The van der Waals surface area contributed by atoms with Crippen molar-refractivity contribution in [1.82, 2.24) is 4.90 Å². The van der Waals surface area contributed by atoms with E-state index in [2.05, 4.69) is 0 Å². The van der Waals surface area contributed by atoms with E-state index in [1.165, 1.54) is 0 Å². The van der Waals surface area contributed by atoms with Gasteiger partial charge < -0.3 is 20.8 Å². The summed E-state index contributed by atoms with van der Waals surface area (Å²) in [5.74, 6) is 0.0989. The summed E-state index contributed by atoms with van der Waals surface area (Å²) in [5.41, 5.74) is 6.92. The van der Waals surface area contributed by atoms with Crippen molar-refractivity contribution in [3.8, 4) is 5.75 Å². The molecule has 110 valence electrons. The van der Waals surface area contributed by atoms with Gasteiger partial charge in [0, 0.05) is 12.6 Å². The lowest BCUT2D eigenvalue weighted by Gasteiger charge is -2.38. The van der Waals surface area contributed by atoms with Crippen LogP contribution >= 0.6 is 0 Å². The number of phenolic OH excluding ortho intramolecular Hbond substituents is 1. The minimum Gasteiger partial charge on any atom is -0.508 e. The van der Waals surface area contributed by atoms with E-state index in [1.807, 2.05) is 0 Å². The Kier molecular flexibility index (Phi) is 4.98. The summed E-state index contributed by atoms with van der Waals surface area (Å²) in [4.78, 5) is 14.1. The number of carbonyl (C=O) groups excluding carboxylic acids is 1. The Balaban J connectivity index is 1.97. The van der Waals surface area contributed by atoms with Crippen molar-refractivity contribution < 1.29 is 15.0 Å². The van der Waals surface area contributed by atoms with E-state index in [4.69, 9.17) is 10.8 Å². The Morgan fingerprint density at radius 3 is 2.50 bits per heavy atom. The lowest BCUT2D eigenvalue weighted by Crippen LogP contribution is -2.52. The normalized spacial score (nSPS) is 16.5. The lowest BCUT2D eigenvalue weighted by molar-refractivity contribution is -0.137. The molecule has 1 aromatic carbocycles. The number of carbonyl (C=O) groups is 1. The Hall–Kier alpha value is -1.59. The predicted octanol–water partition coefficient (Wildman–Crippen LogP) is 0.635. The minimum atomic E-state index is -0.605. The maximum Gasteiger partial charge on any atom is 0.240 e. The third-order valence-corrected chi connectivity index (χ3v) is 3.85. The van der Waals surface area contributed by atoms with Crippen LogP contribution in [0, 0.1) is 0 Å². The number of nitrogens with two attached hydrogens (primary N) is 1. The van der Waals surface area contributed by atoms with Gasteiger partial charge in [-0.1, -0.05) is 12.1 Å². The van der Waals surface area contributed by atoms with E-state index < -0.39 is 6.04 Å². The molecule has 1 saturated carbocycles. The van der Waals surface area contributed by atoms with Crippen molar-refractivity contribution in [2.75, 3.05) is 13.2 Å². The summed E-state index contributed by atoms with van der Waals surface area (Å²) in [6.45, 7) is 0.320. The van der Waals surface area contributed by atoms with Crippen LogP contribution in [0.4, 0.5) is 0 Å². The fraction of sp³-hybridized carbons (Fsp3) is 0.533. The van der Waals surface area contributed by atoms with Crippen molar-refractivity contribution in [1.29, 1.82) is 0 Å². The summed E-state index contributed by atoms with van der Waals surface area (Å²) in [6.07, 6.45) is 3.57. The summed E-state index contributed by atoms with van der Waals surface area (Å²) < 4.78 is 0. The molecule has 1 amide bonds. The third kappa shape index (κ3) is 3.49. The zero-order chi connectivity index (χ0) is 14.5. The van der Waals surface area contributed by atoms with Gasteiger partial charge in [-0.25, -0.2) is 0 Å². The van der Waals surface area contributed by atoms with Crippen LogP contribution < -0.4 is 5.73 Å². The van der Waals surface area contributed by atoms with Gasteiger partial charge in [-0.15, -0.1) is 0 Å². The molecule has 1 aromatic rings. The van der Waals surface area contributed by atoms with Crippen LogP contribution in [0.5, 0.6) is 5.75 Å². The highest BCUT2D eigenvalue weighted by atomic mass is 16.3. The third-order valence-electron chi connectivity index (χ3n) is 3.85. The predicted molar refractivity (Wildman–Crippen MR) is 76.2 cm³/mol. The molecule has 5 heteroatoms. The smallest absolute Gasteiger partial charge is 0.240 e. The van der Waals surface area contributed by atoms with Crippen molar-refractivity contribution in [2.24, 2.45) is 5.73 Å². The number of aromatic hydroxyl groups is 1. The molecular formula is C15H22N2O3. The van der Waals surface area contributed by atoms with Crippen LogP contribution in [0.3, 0.4) is 0 Å². The minimum absolute atomic E-state index is 0.0336. The molecule has 1 unspecified atom stereocenters. The molecule has 0 heterocycles. The highest BCUT2D eigenvalue weighted by Gasteiger charge is 2.31. The molecule has 1 fully saturated rings. The molecule has 1 aliphatic carbocycles. The first kappa shape index (κ1) is 14.8. The molecule has 0 aromatic heterocycles. The number of nitrogens with zero attached hydrogens (tertiary/aromatic N) is 1. The molecule has 5 nitrogen and oxygen atoms in total. The van der Waals surface area contributed by atoms with Crippen molar-refractivity contribution >= 4 is 5.91 Å². The molecule has 0 spiro atoms. The summed E-state index contributed by atoms with van der Waals surface area (Å²) >= 11 is 0. The number of phenols is 1. The monoisotopic (exact) mass is 278 g/mol. The molecule has 0 aliphatic heterocycles. The summed E-state index contributed by atoms with van der Waals surface area (Å²) in [6, 6.07) is 6.34. The molecule has 0 radical (unpaired) electrons. The molecule has 1 atom stereocenters. The van der Waals surface area contributed by atoms with Crippen LogP contribution in [-0.2, 0) is 11.2 Å². The van der Waals surface area contributed by atoms with Gasteiger partial charge in [-0.05, 0) is 43.4 Å². The molecule has 4 N–H and O–H groups in total. The second kappa shape index (κ2) is 6.72. The van der Waals surface area contributed by atoms with Crippen molar-refractivity contribution in [2.45, 2.75) is 37.8 Å². The van der Waals surface area contributed by atoms with Gasteiger partial charge in [0.25, 0.3) is 0 Å². The van der Waals surface area contributed by atoms with E-state index in [0.29, 0.717) is 13.0 Å². The maximum atomic E-state index is 12.4. The number of amides is 1. The number of benzene rings is 1. The van der Waals surface area contributed by atoms with E-state index in [1.54, 1.807) is 29.2 Å². The first-order valence-electron chi connectivity index (χ1n) is 7.06. The highest BCUT2D eigenvalue weighted by Crippen LogP contribution is 2.25. The summed E-state index contributed by atoms with van der Waals surface area (Å²) in [5, 5.41) is 18.3. The van der Waals surface area contributed by atoms with Crippen LogP contribution in [0.2, 0.25) is 0 Å². The summed E-state index contributed by atoms with van der Waals surface area (Å²) in [7, 11) is 0. The SMILES string of the molecule is NC(Cc1ccc(O)cc1)C(=O)N(CCO)C1CCC1. The number of aliphatic hydroxyl groups is 1. The standard InChI is InChI=1S/C15H22N2O3/c16-14(10-11-4-6-13(19)7-5-11)15(20)17(8-9-18)12-2-1-3-12/h4-7,12,14,18-19H,1-3,8-10,16H2. The van der Waals surface area contributed by atoms with E-state index >= 15 is 0 Å². The zero-order valence-electron chi connectivity index (χ0n) is 11.5. The Bertz CT molecular complexity index is 443. The molecule has 0 bridgehead atoms. The fourth-order valence-corrected chi connectivity index (χ4v) is 2.47. The zero-order valence-corrected chi connectivity index (χ0v) is 11.5. The fourth-order valence-electron chi connectivity index (χ4n) is 2.47. The topological polar surface area (TPSA) is 86.8 Å². The molecule has 20 heavy (non-hydrogen) atoms. The van der Waals surface area contributed by atoms with Crippen molar-refractivity contribution in [3.05, 3.63) is 29.8 Å². The molecule has 2 rings (SSSR count). The number of rotatable bonds is 6. The Labute approximate surface area is 119 Å². The molecular weight excluding hydrogens is 256 g/mol. The van der Waals surface area contributed by atoms with Crippen LogP contribution in [0.15, 0.2) is 24.3 Å². The number of hydrogen-bond donors (Lipinski definition) is 3. The second-order valence-corrected chi connectivity index (χ2v) is 5.32. The van der Waals surface area contributed by atoms with Crippen molar-refractivity contribution in [3.63, 3.8) is 0 Å². The lowest BCUT2D eigenvalue weighted by atomic mass is 9.90. The first-order valence-corrected chi connectivity index (χ1v) is 7.06.